The molecule has 0 atom stereocenters. The quantitative estimate of drug-likeness (QED) is 0.804. The Hall–Kier alpha value is -1.26. The summed E-state index contributed by atoms with van der Waals surface area (Å²) in [7, 11) is 0. The van der Waals surface area contributed by atoms with E-state index in [1.54, 1.807) is 11.3 Å². The average molecular weight is 233 g/mol. The Labute approximate surface area is 99.6 Å². The van der Waals surface area contributed by atoms with Crippen LogP contribution in [0.5, 0.6) is 0 Å². The highest BCUT2D eigenvalue weighted by molar-refractivity contribution is 7.09. The van der Waals surface area contributed by atoms with Crippen molar-refractivity contribution in [3.8, 4) is 0 Å². The molecule has 0 bridgehead atoms. The molecule has 0 amide bonds. The normalized spacial score (nSPS) is 10.6. The largest absolute Gasteiger partial charge is 0.312 e. The Kier molecular flexibility index (Phi) is 4.02. The Bertz CT molecular complexity index is 426. The first-order chi connectivity index (χ1) is 7.86. The van der Waals surface area contributed by atoms with Gasteiger partial charge in [-0.15, -0.1) is 11.3 Å². The molecule has 4 heteroatoms. The van der Waals surface area contributed by atoms with Crippen molar-refractivity contribution in [1.82, 2.24) is 15.3 Å². The first kappa shape index (κ1) is 11.2. The zero-order valence-electron chi connectivity index (χ0n) is 9.31. The van der Waals surface area contributed by atoms with Crippen LogP contribution in [0.4, 0.5) is 0 Å². The lowest BCUT2D eigenvalue weighted by Crippen LogP contribution is -2.17. The first-order valence-corrected chi connectivity index (χ1v) is 6.23. The van der Waals surface area contributed by atoms with Crippen molar-refractivity contribution >= 4 is 11.3 Å². The second-order valence-electron chi connectivity index (χ2n) is 3.65. The highest BCUT2D eigenvalue weighted by atomic mass is 32.1. The van der Waals surface area contributed by atoms with Crippen molar-refractivity contribution in [3.63, 3.8) is 0 Å². The van der Waals surface area contributed by atoms with Gasteiger partial charge in [0.25, 0.3) is 0 Å². The van der Waals surface area contributed by atoms with E-state index in [0.717, 1.165) is 19.5 Å². The van der Waals surface area contributed by atoms with Gasteiger partial charge < -0.3 is 5.32 Å². The number of pyridine rings is 1. The summed E-state index contributed by atoms with van der Waals surface area (Å²) < 4.78 is 0. The maximum Gasteiger partial charge on any atom is 0.0937 e. The highest BCUT2D eigenvalue weighted by Gasteiger charge is 1.98. The van der Waals surface area contributed by atoms with Gasteiger partial charge in [-0.25, -0.2) is 4.98 Å². The predicted molar refractivity (Wildman–Crippen MR) is 66.5 cm³/mol. The molecule has 0 unspecified atom stereocenters. The Morgan fingerprint density at radius 1 is 1.38 bits per heavy atom. The summed E-state index contributed by atoms with van der Waals surface area (Å²) >= 11 is 1.71. The van der Waals surface area contributed by atoms with Crippen molar-refractivity contribution in [2.24, 2.45) is 0 Å². The SMILES string of the molecule is Cc1ccncc1CNCCc1nccs1. The molecule has 0 spiro atoms. The minimum Gasteiger partial charge on any atom is -0.312 e. The van der Waals surface area contributed by atoms with E-state index in [1.807, 2.05) is 30.0 Å². The van der Waals surface area contributed by atoms with Gasteiger partial charge in [0, 0.05) is 43.5 Å². The topological polar surface area (TPSA) is 37.8 Å². The molecule has 84 valence electrons. The molecule has 3 nitrogen and oxygen atoms in total. The fourth-order valence-corrected chi connectivity index (χ4v) is 2.10. The van der Waals surface area contributed by atoms with Gasteiger partial charge >= 0.3 is 0 Å². The van der Waals surface area contributed by atoms with E-state index in [0.29, 0.717) is 0 Å². The molecule has 0 aliphatic rings. The smallest absolute Gasteiger partial charge is 0.0937 e. The molecule has 16 heavy (non-hydrogen) atoms. The lowest BCUT2D eigenvalue weighted by atomic mass is 10.1. The molecular formula is C12H15N3S. The Morgan fingerprint density at radius 2 is 2.31 bits per heavy atom. The molecule has 2 heterocycles. The van der Waals surface area contributed by atoms with Crippen LogP contribution in [-0.2, 0) is 13.0 Å². The molecule has 2 aromatic rings. The number of hydrogen-bond donors (Lipinski definition) is 1. The van der Waals surface area contributed by atoms with Crippen molar-refractivity contribution in [1.29, 1.82) is 0 Å². The Morgan fingerprint density at radius 3 is 3.06 bits per heavy atom. The van der Waals surface area contributed by atoms with Crippen molar-refractivity contribution < 1.29 is 0 Å². The van der Waals surface area contributed by atoms with Crippen molar-refractivity contribution in [2.45, 2.75) is 19.9 Å². The van der Waals surface area contributed by atoms with E-state index >= 15 is 0 Å². The zero-order chi connectivity index (χ0) is 11.2. The number of nitrogens with zero attached hydrogens (tertiary/aromatic N) is 2. The second-order valence-corrected chi connectivity index (χ2v) is 4.63. The van der Waals surface area contributed by atoms with Crippen molar-refractivity contribution in [2.75, 3.05) is 6.54 Å². The van der Waals surface area contributed by atoms with E-state index in [2.05, 4.69) is 22.2 Å². The number of rotatable bonds is 5. The third-order valence-electron chi connectivity index (χ3n) is 2.46. The molecule has 0 radical (unpaired) electrons. The summed E-state index contributed by atoms with van der Waals surface area (Å²) in [6.45, 7) is 3.95. The molecule has 1 N–H and O–H groups in total. The van der Waals surface area contributed by atoms with Crippen LogP contribution >= 0.6 is 11.3 Å². The van der Waals surface area contributed by atoms with E-state index in [4.69, 9.17) is 0 Å². The van der Waals surface area contributed by atoms with Crippen LogP contribution < -0.4 is 5.32 Å². The molecule has 2 aromatic heterocycles. The third kappa shape index (κ3) is 3.12. The van der Waals surface area contributed by atoms with E-state index < -0.39 is 0 Å². The number of hydrogen-bond acceptors (Lipinski definition) is 4. The van der Waals surface area contributed by atoms with Gasteiger partial charge in [-0.05, 0) is 24.1 Å². The number of aromatic nitrogens is 2. The molecule has 0 saturated heterocycles. The van der Waals surface area contributed by atoms with Crippen molar-refractivity contribution in [3.05, 3.63) is 46.2 Å². The van der Waals surface area contributed by atoms with Gasteiger partial charge in [-0.2, -0.15) is 0 Å². The zero-order valence-corrected chi connectivity index (χ0v) is 10.1. The van der Waals surface area contributed by atoms with Crippen LogP contribution in [0.15, 0.2) is 30.0 Å². The molecule has 0 saturated carbocycles. The van der Waals surface area contributed by atoms with Crippen LogP contribution in [-0.4, -0.2) is 16.5 Å². The number of thiazole rings is 1. The molecule has 0 aromatic carbocycles. The lowest BCUT2D eigenvalue weighted by Gasteiger charge is -2.05. The summed E-state index contributed by atoms with van der Waals surface area (Å²) in [6.07, 6.45) is 6.60. The maximum atomic E-state index is 4.24. The maximum absolute atomic E-state index is 4.24. The fourth-order valence-electron chi connectivity index (χ4n) is 1.48. The second kappa shape index (κ2) is 5.72. The average Bonchev–Trinajstić information content (AvgIpc) is 2.79. The lowest BCUT2D eigenvalue weighted by molar-refractivity contribution is 0.681. The number of nitrogens with one attached hydrogen (secondary N) is 1. The monoisotopic (exact) mass is 233 g/mol. The minimum atomic E-state index is 0.880. The molecule has 2 rings (SSSR count). The van der Waals surface area contributed by atoms with Gasteiger partial charge in [0.15, 0.2) is 0 Å². The standard InChI is InChI=1S/C12H15N3S/c1-10-2-4-13-8-11(10)9-14-5-3-12-15-6-7-16-12/h2,4,6-8,14H,3,5,9H2,1H3. The summed E-state index contributed by atoms with van der Waals surface area (Å²) in [6, 6.07) is 2.04. The van der Waals surface area contributed by atoms with Gasteiger partial charge in [-0.1, -0.05) is 0 Å². The summed E-state index contributed by atoms with van der Waals surface area (Å²) in [5, 5.41) is 6.61. The van der Waals surface area contributed by atoms with Crippen LogP contribution in [0, 0.1) is 6.92 Å². The van der Waals surface area contributed by atoms with Gasteiger partial charge in [0.2, 0.25) is 0 Å². The first-order valence-electron chi connectivity index (χ1n) is 5.35. The summed E-state index contributed by atoms with van der Waals surface area (Å²) in [4.78, 5) is 8.37. The molecule has 0 aliphatic heterocycles. The highest BCUT2D eigenvalue weighted by Crippen LogP contribution is 2.05. The van der Waals surface area contributed by atoms with Gasteiger partial charge in [-0.3, -0.25) is 4.98 Å². The van der Waals surface area contributed by atoms with Crippen LogP contribution in [0.2, 0.25) is 0 Å². The van der Waals surface area contributed by atoms with Gasteiger partial charge in [0.05, 0.1) is 5.01 Å². The van der Waals surface area contributed by atoms with Crippen LogP contribution in [0.1, 0.15) is 16.1 Å². The Balaban J connectivity index is 1.74. The summed E-state index contributed by atoms with van der Waals surface area (Å²) in [5.74, 6) is 0. The van der Waals surface area contributed by atoms with E-state index in [-0.39, 0.29) is 0 Å². The number of aryl methyl sites for hydroxylation is 1. The molecular weight excluding hydrogens is 218 g/mol. The molecule has 0 aliphatic carbocycles. The van der Waals surface area contributed by atoms with Gasteiger partial charge in [0.1, 0.15) is 0 Å². The van der Waals surface area contributed by atoms with E-state index in [9.17, 15) is 0 Å². The minimum absolute atomic E-state index is 0.880. The predicted octanol–water partition coefficient (Wildman–Crippen LogP) is 2.18. The van der Waals surface area contributed by atoms with Crippen LogP contribution in [0.3, 0.4) is 0 Å². The third-order valence-corrected chi connectivity index (χ3v) is 3.30. The van der Waals surface area contributed by atoms with Crippen LogP contribution in [0.25, 0.3) is 0 Å². The molecule has 0 fully saturated rings. The summed E-state index contributed by atoms with van der Waals surface area (Å²) in [5.41, 5.74) is 2.55. The van der Waals surface area contributed by atoms with E-state index in [1.165, 1.54) is 16.1 Å². The fraction of sp³-hybridized carbons (Fsp3) is 0.333.